The number of rotatable bonds is 4. The Labute approximate surface area is 134 Å². The average Bonchev–Trinajstić information content (AvgIpc) is 3.25. The van der Waals surface area contributed by atoms with Gasteiger partial charge in [0.05, 0.1) is 11.4 Å². The van der Waals surface area contributed by atoms with Crippen molar-refractivity contribution < 1.29 is 4.42 Å². The van der Waals surface area contributed by atoms with Crippen molar-refractivity contribution in [1.29, 1.82) is 0 Å². The maximum absolute atomic E-state index is 5.70. The molecule has 4 heteroatoms. The van der Waals surface area contributed by atoms with Crippen LogP contribution in [0.1, 0.15) is 11.3 Å². The van der Waals surface area contributed by atoms with Crippen LogP contribution in [0.15, 0.2) is 84.0 Å². The highest BCUT2D eigenvalue weighted by molar-refractivity contribution is 5.60. The predicted octanol–water partition coefficient (Wildman–Crippen LogP) is 4.12. The van der Waals surface area contributed by atoms with Crippen LogP contribution >= 0.6 is 0 Å². The van der Waals surface area contributed by atoms with Gasteiger partial charge in [-0.1, -0.05) is 30.3 Å². The summed E-state index contributed by atoms with van der Waals surface area (Å²) < 4.78 is 7.78. The zero-order valence-electron chi connectivity index (χ0n) is 12.5. The summed E-state index contributed by atoms with van der Waals surface area (Å²) in [5, 5.41) is 0. The molecule has 4 rings (SSSR count). The van der Waals surface area contributed by atoms with Gasteiger partial charge < -0.3 is 8.98 Å². The van der Waals surface area contributed by atoms with Crippen LogP contribution in [0.5, 0.6) is 0 Å². The third-order valence-corrected chi connectivity index (χ3v) is 3.78. The average molecular weight is 301 g/mol. The molecule has 0 fully saturated rings. The fourth-order valence-electron chi connectivity index (χ4n) is 2.69. The summed E-state index contributed by atoms with van der Waals surface area (Å²) in [6.45, 7) is 0. The molecule has 0 amide bonds. The van der Waals surface area contributed by atoms with Crippen molar-refractivity contribution in [2.45, 2.75) is 6.42 Å². The molecular weight excluding hydrogens is 286 g/mol. The number of hydrogen-bond acceptors (Lipinski definition) is 3. The van der Waals surface area contributed by atoms with Crippen molar-refractivity contribution in [3.8, 4) is 17.1 Å². The van der Waals surface area contributed by atoms with E-state index < -0.39 is 0 Å². The normalized spacial score (nSPS) is 10.8. The molecule has 0 bridgehead atoms. The van der Waals surface area contributed by atoms with Crippen LogP contribution in [-0.2, 0) is 6.42 Å². The lowest BCUT2D eigenvalue weighted by atomic mass is 10.1. The smallest absolute Gasteiger partial charge is 0.181 e. The molecule has 0 unspecified atom stereocenters. The fourth-order valence-corrected chi connectivity index (χ4v) is 2.69. The minimum absolute atomic E-state index is 0.744. The Morgan fingerprint density at radius 2 is 1.74 bits per heavy atom. The molecule has 0 aliphatic carbocycles. The molecule has 4 nitrogen and oxygen atoms in total. The van der Waals surface area contributed by atoms with Crippen LogP contribution in [-0.4, -0.2) is 14.5 Å². The summed E-state index contributed by atoms with van der Waals surface area (Å²) in [4.78, 5) is 8.48. The first-order valence-corrected chi connectivity index (χ1v) is 7.46. The molecule has 0 radical (unpaired) electrons. The lowest BCUT2D eigenvalue weighted by molar-refractivity contribution is 0.567. The Morgan fingerprint density at radius 3 is 2.57 bits per heavy atom. The lowest BCUT2D eigenvalue weighted by Gasteiger charge is -2.08. The first kappa shape index (κ1) is 13.5. The van der Waals surface area contributed by atoms with Crippen molar-refractivity contribution in [1.82, 2.24) is 14.5 Å². The van der Waals surface area contributed by atoms with E-state index in [-0.39, 0.29) is 0 Å². The molecule has 23 heavy (non-hydrogen) atoms. The standard InChI is InChI=1S/C19H15N3O/c1-2-5-15(6-3-1)13-17-19(23-14-21-17)18-7-4-12-22(18)16-8-10-20-11-9-16/h1-12,14H,13H2. The van der Waals surface area contributed by atoms with E-state index >= 15 is 0 Å². The minimum Gasteiger partial charge on any atom is -0.442 e. The zero-order chi connectivity index (χ0) is 15.5. The van der Waals surface area contributed by atoms with Crippen LogP contribution in [0, 0.1) is 0 Å². The largest absolute Gasteiger partial charge is 0.442 e. The molecule has 0 aliphatic rings. The van der Waals surface area contributed by atoms with Crippen LogP contribution in [0.2, 0.25) is 0 Å². The van der Waals surface area contributed by atoms with Crippen LogP contribution in [0.25, 0.3) is 17.1 Å². The molecular formula is C19H15N3O. The van der Waals surface area contributed by atoms with Gasteiger partial charge in [0.1, 0.15) is 0 Å². The second-order valence-electron chi connectivity index (χ2n) is 5.26. The van der Waals surface area contributed by atoms with Gasteiger partial charge >= 0.3 is 0 Å². The first-order valence-electron chi connectivity index (χ1n) is 7.46. The maximum atomic E-state index is 5.70. The van der Waals surface area contributed by atoms with Crippen molar-refractivity contribution in [3.05, 3.63) is 90.8 Å². The fraction of sp³-hybridized carbons (Fsp3) is 0.0526. The van der Waals surface area contributed by atoms with E-state index in [0.717, 1.165) is 29.3 Å². The quantitative estimate of drug-likeness (QED) is 0.569. The van der Waals surface area contributed by atoms with E-state index in [2.05, 4.69) is 26.7 Å². The molecule has 0 atom stereocenters. The Hall–Kier alpha value is -3.14. The van der Waals surface area contributed by atoms with E-state index in [0.29, 0.717) is 0 Å². The van der Waals surface area contributed by atoms with Crippen molar-refractivity contribution in [2.75, 3.05) is 0 Å². The highest BCUT2D eigenvalue weighted by Gasteiger charge is 2.15. The van der Waals surface area contributed by atoms with Crippen molar-refractivity contribution >= 4 is 0 Å². The number of oxazole rings is 1. The van der Waals surface area contributed by atoms with E-state index in [1.165, 1.54) is 12.0 Å². The molecule has 3 aromatic heterocycles. The zero-order valence-corrected chi connectivity index (χ0v) is 12.5. The second kappa shape index (κ2) is 5.93. The van der Waals surface area contributed by atoms with Gasteiger partial charge in [-0.15, -0.1) is 0 Å². The molecule has 0 N–H and O–H groups in total. The van der Waals surface area contributed by atoms with Gasteiger partial charge in [-0.05, 0) is 29.8 Å². The summed E-state index contributed by atoms with van der Waals surface area (Å²) in [6, 6.07) is 18.3. The van der Waals surface area contributed by atoms with E-state index in [1.54, 1.807) is 12.4 Å². The third kappa shape index (κ3) is 2.66. The minimum atomic E-state index is 0.744. The molecule has 0 aliphatic heterocycles. The number of pyridine rings is 1. The molecule has 0 saturated carbocycles. The molecule has 112 valence electrons. The molecule has 0 saturated heterocycles. The summed E-state index contributed by atoms with van der Waals surface area (Å²) in [5.41, 5.74) is 4.18. The number of benzene rings is 1. The van der Waals surface area contributed by atoms with Gasteiger partial charge in [0.25, 0.3) is 0 Å². The summed E-state index contributed by atoms with van der Waals surface area (Å²) in [7, 11) is 0. The van der Waals surface area contributed by atoms with E-state index in [1.807, 2.05) is 48.7 Å². The summed E-state index contributed by atoms with van der Waals surface area (Å²) in [6.07, 6.45) is 7.83. The third-order valence-electron chi connectivity index (χ3n) is 3.78. The summed E-state index contributed by atoms with van der Waals surface area (Å²) >= 11 is 0. The Kier molecular flexibility index (Phi) is 3.48. The second-order valence-corrected chi connectivity index (χ2v) is 5.26. The van der Waals surface area contributed by atoms with Gasteiger partial charge in [-0.25, -0.2) is 4.98 Å². The van der Waals surface area contributed by atoms with E-state index in [9.17, 15) is 0 Å². The van der Waals surface area contributed by atoms with Crippen LogP contribution in [0.3, 0.4) is 0 Å². The molecule has 4 aromatic rings. The lowest BCUT2D eigenvalue weighted by Crippen LogP contribution is -1.97. The predicted molar refractivity (Wildman–Crippen MR) is 88.3 cm³/mol. The number of hydrogen-bond donors (Lipinski definition) is 0. The van der Waals surface area contributed by atoms with Crippen LogP contribution < -0.4 is 0 Å². The van der Waals surface area contributed by atoms with Gasteiger partial charge in [-0.3, -0.25) is 4.98 Å². The molecule has 3 heterocycles. The van der Waals surface area contributed by atoms with E-state index in [4.69, 9.17) is 4.42 Å². The Balaban J connectivity index is 1.73. The monoisotopic (exact) mass is 301 g/mol. The maximum Gasteiger partial charge on any atom is 0.181 e. The van der Waals surface area contributed by atoms with Crippen LogP contribution in [0.4, 0.5) is 0 Å². The van der Waals surface area contributed by atoms with Crippen molar-refractivity contribution in [3.63, 3.8) is 0 Å². The highest BCUT2D eigenvalue weighted by Crippen LogP contribution is 2.27. The van der Waals surface area contributed by atoms with Gasteiger partial charge in [-0.2, -0.15) is 0 Å². The summed E-state index contributed by atoms with van der Waals surface area (Å²) in [5.74, 6) is 0.802. The number of nitrogens with zero attached hydrogens (tertiary/aromatic N) is 3. The Bertz CT molecular complexity index is 895. The Morgan fingerprint density at radius 1 is 0.913 bits per heavy atom. The molecule has 1 aromatic carbocycles. The number of aromatic nitrogens is 3. The van der Waals surface area contributed by atoms with Gasteiger partial charge in [0.2, 0.25) is 0 Å². The topological polar surface area (TPSA) is 43.9 Å². The SMILES string of the molecule is c1ccc(Cc2ncoc2-c2cccn2-c2ccncc2)cc1. The van der Waals surface area contributed by atoms with Gasteiger partial charge in [0, 0.05) is 30.7 Å². The molecule has 0 spiro atoms. The van der Waals surface area contributed by atoms with Gasteiger partial charge in [0.15, 0.2) is 12.2 Å². The van der Waals surface area contributed by atoms with Crippen molar-refractivity contribution in [2.24, 2.45) is 0 Å². The highest BCUT2D eigenvalue weighted by atomic mass is 16.3. The first-order chi connectivity index (χ1) is 11.4.